The van der Waals surface area contributed by atoms with Crippen molar-refractivity contribution in [1.82, 2.24) is 5.32 Å². The van der Waals surface area contributed by atoms with Gasteiger partial charge in [-0.25, -0.2) is 8.42 Å². The molecule has 2 heterocycles. The lowest BCUT2D eigenvalue weighted by Gasteiger charge is -2.31. The third-order valence-corrected chi connectivity index (χ3v) is 8.73. The lowest BCUT2D eigenvalue weighted by Crippen LogP contribution is -2.59. The second-order valence-corrected chi connectivity index (χ2v) is 10.9. The molecule has 3 aliphatic rings. The summed E-state index contributed by atoms with van der Waals surface area (Å²) >= 11 is 0. The summed E-state index contributed by atoms with van der Waals surface area (Å²) in [5.41, 5.74) is -1.05. The Labute approximate surface area is 171 Å². The van der Waals surface area contributed by atoms with Gasteiger partial charge in [0.1, 0.15) is 28.9 Å². The predicted octanol–water partition coefficient (Wildman–Crippen LogP) is 2.54. The number of ketones is 1. The van der Waals surface area contributed by atoms with Crippen molar-refractivity contribution in [2.75, 3.05) is 6.61 Å². The summed E-state index contributed by atoms with van der Waals surface area (Å²) in [5.74, 6) is -0.492. The number of hydrogen-bond donors (Lipinski definition) is 1. The molecule has 8 heteroatoms. The van der Waals surface area contributed by atoms with Gasteiger partial charge in [0, 0.05) is 0 Å². The molecule has 3 fully saturated rings. The number of rotatable bonds is 7. The van der Waals surface area contributed by atoms with Gasteiger partial charge in [0.05, 0.1) is 12.4 Å². The average molecular weight is 424 g/mol. The SMILES string of the molecule is O=C(NC12CCCC1OCC2=O)C(CC1CCCCC1)S(=O)(=O)Cc1ccco1. The predicted molar refractivity (Wildman–Crippen MR) is 106 cm³/mol. The summed E-state index contributed by atoms with van der Waals surface area (Å²) in [6, 6.07) is 3.24. The number of sulfone groups is 1. The number of carbonyl (C=O) groups is 2. The van der Waals surface area contributed by atoms with E-state index in [1.54, 1.807) is 12.1 Å². The van der Waals surface area contributed by atoms with Crippen molar-refractivity contribution in [2.24, 2.45) is 5.92 Å². The number of nitrogens with one attached hydrogen (secondary N) is 1. The zero-order chi connectivity index (χ0) is 20.5. The van der Waals surface area contributed by atoms with E-state index >= 15 is 0 Å². The molecule has 1 aromatic rings. The maximum absolute atomic E-state index is 13.3. The van der Waals surface area contributed by atoms with E-state index in [0.717, 1.165) is 38.5 Å². The second kappa shape index (κ2) is 8.22. The molecule has 7 nitrogen and oxygen atoms in total. The topological polar surface area (TPSA) is 103 Å². The molecule has 0 spiro atoms. The van der Waals surface area contributed by atoms with Crippen LogP contribution in [0.3, 0.4) is 0 Å². The molecule has 29 heavy (non-hydrogen) atoms. The maximum Gasteiger partial charge on any atom is 0.239 e. The molecule has 1 aromatic heterocycles. The standard InChI is InChI=1S/C21H29NO6S/c23-18-13-28-19-9-4-10-21(18,19)22-20(24)17(12-15-6-2-1-3-7-15)29(25,26)14-16-8-5-11-27-16/h5,8,11,15,17,19H,1-4,6-7,9-10,12-14H2,(H,22,24). The van der Waals surface area contributed by atoms with Gasteiger partial charge in [0.25, 0.3) is 0 Å². The highest BCUT2D eigenvalue weighted by Crippen LogP contribution is 2.38. The van der Waals surface area contributed by atoms with Crippen molar-refractivity contribution >= 4 is 21.5 Å². The number of Topliss-reactive ketones (excluding diaryl/α,β-unsaturated/α-hetero) is 1. The van der Waals surface area contributed by atoms with Crippen LogP contribution in [0.15, 0.2) is 22.8 Å². The van der Waals surface area contributed by atoms with E-state index in [0.29, 0.717) is 25.0 Å². The highest BCUT2D eigenvalue weighted by atomic mass is 32.2. The Kier molecular flexibility index (Phi) is 5.84. The van der Waals surface area contributed by atoms with E-state index in [1.165, 1.54) is 6.26 Å². The zero-order valence-corrected chi connectivity index (χ0v) is 17.4. The van der Waals surface area contributed by atoms with Crippen molar-refractivity contribution in [3.63, 3.8) is 0 Å². The first kappa shape index (κ1) is 20.6. The first-order chi connectivity index (χ1) is 13.9. The average Bonchev–Trinajstić information content (AvgIpc) is 3.40. The van der Waals surface area contributed by atoms with E-state index in [9.17, 15) is 18.0 Å². The van der Waals surface area contributed by atoms with E-state index < -0.39 is 26.5 Å². The number of carbonyl (C=O) groups excluding carboxylic acids is 2. The molecule has 2 aliphatic carbocycles. The molecule has 160 valence electrons. The van der Waals surface area contributed by atoms with Crippen molar-refractivity contribution in [1.29, 1.82) is 0 Å². The number of fused-ring (bicyclic) bond motifs is 1. The molecule has 1 N–H and O–H groups in total. The number of hydrogen-bond acceptors (Lipinski definition) is 6. The fourth-order valence-corrected chi connectivity index (χ4v) is 6.88. The highest BCUT2D eigenvalue weighted by molar-refractivity contribution is 7.92. The van der Waals surface area contributed by atoms with Gasteiger partial charge in [0.2, 0.25) is 5.91 Å². The zero-order valence-electron chi connectivity index (χ0n) is 16.6. The van der Waals surface area contributed by atoms with Gasteiger partial charge in [-0.3, -0.25) is 9.59 Å². The molecular weight excluding hydrogens is 394 g/mol. The van der Waals surface area contributed by atoms with E-state index in [-0.39, 0.29) is 30.2 Å². The number of amides is 1. The monoisotopic (exact) mass is 423 g/mol. The molecular formula is C21H29NO6S. The van der Waals surface area contributed by atoms with Gasteiger partial charge >= 0.3 is 0 Å². The Bertz CT molecular complexity index is 843. The molecule has 3 unspecified atom stereocenters. The van der Waals surface area contributed by atoms with Crippen molar-refractivity contribution in [3.05, 3.63) is 24.2 Å². The molecule has 0 bridgehead atoms. The summed E-state index contributed by atoms with van der Waals surface area (Å²) < 4.78 is 37.2. The summed E-state index contributed by atoms with van der Waals surface area (Å²) in [5, 5.41) is 1.68. The molecule has 4 rings (SSSR count). The normalized spacial score (nSPS) is 29.0. The maximum atomic E-state index is 13.3. The Hall–Kier alpha value is -1.67. The van der Waals surface area contributed by atoms with E-state index in [2.05, 4.69) is 5.32 Å². The van der Waals surface area contributed by atoms with E-state index in [4.69, 9.17) is 9.15 Å². The third-order valence-electron chi connectivity index (χ3n) is 6.77. The first-order valence-corrected chi connectivity index (χ1v) is 12.3. The fraction of sp³-hybridized carbons (Fsp3) is 0.714. The lowest BCUT2D eigenvalue weighted by molar-refractivity contribution is -0.129. The summed E-state index contributed by atoms with van der Waals surface area (Å²) in [7, 11) is -3.79. The van der Waals surface area contributed by atoms with Crippen LogP contribution < -0.4 is 5.32 Å². The summed E-state index contributed by atoms with van der Waals surface area (Å²) in [6.07, 6.45) is 8.54. The third kappa shape index (κ3) is 4.14. The first-order valence-electron chi connectivity index (χ1n) is 10.6. The van der Waals surface area contributed by atoms with Crippen LogP contribution in [0, 0.1) is 5.92 Å². The van der Waals surface area contributed by atoms with Crippen LogP contribution in [0.4, 0.5) is 0 Å². The minimum Gasteiger partial charge on any atom is -0.468 e. The van der Waals surface area contributed by atoms with Crippen LogP contribution in [0.2, 0.25) is 0 Å². The molecule has 0 radical (unpaired) electrons. The highest BCUT2D eigenvalue weighted by Gasteiger charge is 2.56. The Morgan fingerprint density at radius 3 is 2.72 bits per heavy atom. The number of furan rings is 1. The van der Waals surface area contributed by atoms with Gasteiger partial charge in [0.15, 0.2) is 15.6 Å². The summed E-state index contributed by atoms with van der Waals surface area (Å²) in [6.45, 7) is -0.0165. The Balaban J connectivity index is 1.57. The molecule has 1 saturated heterocycles. The Morgan fingerprint density at radius 2 is 2.00 bits per heavy atom. The van der Waals surface area contributed by atoms with Gasteiger partial charge in [-0.15, -0.1) is 0 Å². The minimum absolute atomic E-state index is 0.0165. The summed E-state index contributed by atoms with van der Waals surface area (Å²) in [4.78, 5) is 25.8. The van der Waals surface area contributed by atoms with Gasteiger partial charge in [-0.05, 0) is 43.7 Å². The molecule has 2 saturated carbocycles. The van der Waals surface area contributed by atoms with Crippen LogP contribution in [0.5, 0.6) is 0 Å². The largest absolute Gasteiger partial charge is 0.468 e. The molecule has 1 aliphatic heterocycles. The fourth-order valence-electron chi connectivity index (χ4n) is 5.17. The van der Waals surface area contributed by atoms with Gasteiger partial charge < -0.3 is 14.5 Å². The van der Waals surface area contributed by atoms with E-state index in [1.807, 2.05) is 0 Å². The van der Waals surface area contributed by atoms with Crippen LogP contribution in [0.25, 0.3) is 0 Å². The van der Waals surface area contributed by atoms with Crippen LogP contribution in [0.1, 0.15) is 63.5 Å². The Morgan fingerprint density at radius 1 is 1.21 bits per heavy atom. The molecule has 0 aromatic carbocycles. The quantitative estimate of drug-likeness (QED) is 0.723. The van der Waals surface area contributed by atoms with Crippen LogP contribution >= 0.6 is 0 Å². The lowest BCUT2D eigenvalue weighted by atomic mass is 9.85. The smallest absolute Gasteiger partial charge is 0.239 e. The van der Waals surface area contributed by atoms with Crippen molar-refractivity contribution < 1.29 is 27.2 Å². The van der Waals surface area contributed by atoms with Crippen LogP contribution in [-0.4, -0.2) is 43.6 Å². The number of ether oxygens (including phenoxy) is 1. The molecule has 3 atom stereocenters. The van der Waals surface area contributed by atoms with Gasteiger partial charge in [-0.2, -0.15) is 0 Å². The van der Waals surface area contributed by atoms with Gasteiger partial charge in [-0.1, -0.05) is 32.1 Å². The van der Waals surface area contributed by atoms with Crippen molar-refractivity contribution in [2.45, 2.75) is 80.4 Å². The second-order valence-electron chi connectivity index (χ2n) is 8.69. The van der Waals surface area contributed by atoms with Crippen LogP contribution in [-0.2, 0) is 29.9 Å². The van der Waals surface area contributed by atoms with Crippen molar-refractivity contribution in [3.8, 4) is 0 Å². The molecule has 1 amide bonds. The minimum atomic E-state index is -3.79.